The summed E-state index contributed by atoms with van der Waals surface area (Å²) in [6.45, 7) is 1.61. The molecule has 0 fully saturated rings. The Morgan fingerprint density at radius 1 is 1.24 bits per heavy atom. The maximum Gasteiger partial charge on any atom is 0.267 e. The molecule has 2 N–H and O–H groups in total. The second-order valence-corrected chi connectivity index (χ2v) is 8.75. The average molecular weight is 533 g/mol. The number of carbonyl (C=O) groups is 2. The van der Waals surface area contributed by atoms with Gasteiger partial charge in [-0.15, -0.1) is 0 Å². The zero-order valence-electron chi connectivity index (χ0n) is 20.3. The number of ketones is 1. The maximum absolute atomic E-state index is 13.5. The second kappa shape index (κ2) is 11.1. The lowest BCUT2D eigenvalue weighted by molar-refractivity contribution is -0.121. The van der Waals surface area contributed by atoms with E-state index in [1.165, 1.54) is 36.2 Å². The number of carbonyl (C=O) groups excluding carboxylic acids is 2. The van der Waals surface area contributed by atoms with Gasteiger partial charge in [0.2, 0.25) is 5.89 Å². The molecule has 1 unspecified atom stereocenters. The lowest BCUT2D eigenvalue weighted by Crippen LogP contribution is -2.32. The van der Waals surface area contributed by atoms with E-state index in [4.69, 9.17) is 26.6 Å². The van der Waals surface area contributed by atoms with Crippen LogP contribution in [0.25, 0.3) is 11.1 Å². The normalized spacial score (nSPS) is 11.5. The monoisotopic (exact) mass is 532 g/mol. The number of pyridine rings is 2. The van der Waals surface area contributed by atoms with E-state index in [9.17, 15) is 19.6 Å². The van der Waals surface area contributed by atoms with E-state index in [0.29, 0.717) is 33.2 Å². The van der Waals surface area contributed by atoms with Crippen molar-refractivity contribution in [2.24, 2.45) is 5.73 Å². The summed E-state index contributed by atoms with van der Waals surface area (Å²) in [5.41, 5.74) is 6.36. The number of primary amides is 1. The highest BCUT2D eigenvalue weighted by Gasteiger charge is 2.26. The molecule has 0 saturated heterocycles. The van der Waals surface area contributed by atoms with Gasteiger partial charge in [-0.2, -0.15) is 10.2 Å². The van der Waals surface area contributed by atoms with Crippen LogP contribution in [-0.2, 0) is 17.6 Å². The van der Waals surface area contributed by atoms with Crippen molar-refractivity contribution in [3.63, 3.8) is 0 Å². The average Bonchev–Trinajstić information content (AvgIpc) is 3.32. The van der Waals surface area contributed by atoms with E-state index in [1.54, 1.807) is 31.2 Å². The first kappa shape index (κ1) is 26.2. The van der Waals surface area contributed by atoms with Gasteiger partial charge >= 0.3 is 0 Å². The van der Waals surface area contributed by atoms with Gasteiger partial charge in [0.15, 0.2) is 11.6 Å². The molecule has 192 valence electrons. The van der Waals surface area contributed by atoms with Gasteiger partial charge in [-0.1, -0.05) is 22.8 Å². The molecule has 4 aromatic rings. The minimum Gasteiger partial charge on any atom is -0.495 e. The summed E-state index contributed by atoms with van der Waals surface area (Å²) in [5, 5.41) is 13.8. The van der Waals surface area contributed by atoms with Crippen LogP contribution in [0.4, 0.5) is 0 Å². The summed E-state index contributed by atoms with van der Waals surface area (Å²) in [6.07, 6.45) is 2.65. The Morgan fingerprint density at radius 2 is 2.03 bits per heavy atom. The van der Waals surface area contributed by atoms with Crippen molar-refractivity contribution in [3.8, 4) is 22.9 Å². The molecule has 0 saturated carbocycles. The van der Waals surface area contributed by atoms with Gasteiger partial charge in [-0.05, 0) is 29.8 Å². The van der Waals surface area contributed by atoms with Crippen LogP contribution in [0.2, 0.25) is 5.02 Å². The molecule has 11 nitrogen and oxygen atoms in total. The molecule has 3 aromatic heterocycles. The first-order valence-electron chi connectivity index (χ1n) is 11.3. The SMILES string of the molecule is COc1cn(C(Cc2noc(C)n2)C(=O)Cc2ccc(C(N)=O)nc2)c(=O)cc1-c1cc(Cl)ccc1C#N. The predicted molar refractivity (Wildman–Crippen MR) is 136 cm³/mol. The molecule has 0 aliphatic rings. The lowest BCUT2D eigenvalue weighted by Gasteiger charge is -2.20. The molecule has 0 bridgehead atoms. The van der Waals surface area contributed by atoms with Gasteiger partial charge in [0.25, 0.3) is 11.5 Å². The molecule has 4 rings (SSSR count). The first-order chi connectivity index (χ1) is 18.2. The van der Waals surface area contributed by atoms with Crippen molar-refractivity contribution >= 4 is 23.3 Å². The number of ether oxygens (including phenoxy) is 1. The van der Waals surface area contributed by atoms with Gasteiger partial charge in [0.05, 0.1) is 24.9 Å². The molecule has 0 radical (unpaired) electrons. The number of aromatic nitrogens is 4. The Hall–Kier alpha value is -4.82. The van der Waals surface area contributed by atoms with Crippen LogP contribution in [0.1, 0.15) is 39.4 Å². The Labute approximate surface area is 221 Å². The maximum atomic E-state index is 13.5. The van der Waals surface area contributed by atoms with Crippen molar-refractivity contribution in [1.29, 1.82) is 5.26 Å². The number of nitriles is 1. The number of halogens is 1. The Balaban J connectivity index is 1.78. The molecule has 0 aliphatic carbocycles. The number of benzene rings is 1. The number of nitrogens with zero attached hydrogens (tertiary/aromatic N) is 5. The molecular weight excluding hydrogens is 512 g/mol. The molecule has 3 heterocycles. The Kier molecular flexibility index (Phi) is 7.64. The number of amides is 1. The van der Waals surface area contributed by atoms with Crippen molar-refractivity contribution in [3.05, 3.63) is 92.7 Å². The number of aryl methyl sites for hydroxylation is 1. The van der Waals surface area contributed by atoms with E-state index in [2.05, 4.69) is 21.2 Å². The summed E-state index contributed by atoms with van der Waals surface area (Å²) < 4.78 is 11.8. The second-order valence-electron chi connectivity index (χ2n) is 8.31. The van der Waals surface area contributed by atoms with E-state index in [-0.39, 0.29) is 35.9 Å². The largest absolute Gasteiger partial charge is 0.495 e. The molecule has 12 heteroatoms. The highest BCUT2D eigenvalue weighted by Crippen LogP contribution is 2.33. The minimum atomic E-state index is -1.03. The fourth-order valence-electron chi connectivity index (χ4n) is 3.94. The van der Waals surface area contributed by atoms with Crippen LogP contribution >= 0.6 is 11.6 Å². The number of methoxy groups -OCH3 is 1. The number of nitrogens with two attached hydrogens (primary N) is 1. The van der Waals surface area contributed by atoms with Crippen molar-refractivity contribution < 1.29 is 18.8 Å². The number of Topliss-reactive ketones (excluding diaryl/α,β-unsaturated/α-hetero) is 1. The third kappa shape index (κ3) is 5.61. The van der Waals surface area contributed by atoms with Crippen LogP contribution in [0.5, 0.6) is 5.75 Å². The third-order valence-electron chi connectivity index (χ3n) is 5.76. The summed E-state index contributed by atoms with van der Waals surface area (Å²) in [5.74, 6) is -0.245. The Morgan fingerprint density at radius 3 is 2.63 bits per heavy atom. The van der Waals surface area contributed by atoms with Crippen LogP contribution in [0.3, 0.4) is 0 Å². The standard InChI is InChI=1S/C26H21ClN6O5/c1-14-31-24(32-38-14)10-21(22(34)7-15-3-6-20(26(29)36)30-12-15)33-13-23(37-2)19(9-25(33)35)18-8-17(27)5-4-16(18)11-28/h3-6,8-9,12-13,21H,7,10H2,1-2H3,(H2,29,36). The van der Waals surface area contributed by atoms with Gasteiger partial charge in [-0.25, -0.2) is 0 Å². The van der Waals surface area contributed by atoms with E-state index in [1.807, 2.05) is 0 Å². The highest BCUT2D eigenvalue weighted by molar-refractivity contribution is 6.31. The number of hydrogen-bond acceptors (Lipinski definition) is 9. The molecule has 0 aliphatic heterocycles. The van der Waals surface area contributed by atoms with Gasteiger partial charge < -0.3 is 19.6 Å². The molecule has 0 spiro atoms. The van der Waals surface area contributed by atoms with Gasteiger partial charge in [0, 0.05) is 48.2 Å². The quantitative estimate of drug-likeness (QED) is 0.340. The molecular formula is C26H21ClN6O5. The van der Waals surface area contributed by atoms with E-state index >= 15 is 0 Å². The first-order valence-corrected chi connectivity index (χ1v) is 11.6. The van der Waals surface area contributed by atoms with Crippen molar-refractivity contribution in [2.75, 3.05) is 7.11 Å². The molecule has 1 aromatic carbocycles. The van der Waals surface area contributed by atoms with E-state index in [0.717, 1.165) is 0 Å². The van der Waals surface area contributed by atoms with Crippen LogP contribution in [0, 0.1) is 18.3 Å². The van der Waals surface area contributed by atoms with Crippen LogP contribution in [0.15, 0.2) is 58.1 Å². The lowest BCUT2D eigenvalue weighted by atomic mass is 9.99. The zero-order valence-corrected chi connectivity index (χ0v) is 21.1. The van der Waals surface area contributed by atoms with E-state index < -0.39 is 17.5 Å². The summed E-state index contributed by atoms with van der Waals surface area (Å²) >= 11 is 6.15. The molecule has 1 amide bonds. The van der Waals surface area contributed by atoms with Crippen molar-refractivity contribution in [1.82, 2.24) is 19.7 Å². The topological polar surface area (TPSA) is 167 Å². The third-order valence-corrected chi connectivity index (χ3v) is 6.00. The number of hydrogen-bond donors (Lipinski definition) is 1. The van der Waals surface area contributed by atoms with Gasteiger partial charge in [-0.3, -0.25) is 19.4 Å². The summed E-state index contributed by atoms with van der Waals surface area (Å²) in [4.78, 5) is 46.4. The molecule has 1 atom stereocenters. The zero-order chi connectivity index (χ0) is 27.4. The predicted octanol–water partition coefficient (Wildman–Crippen LogP) is 2.83. The van der Waals surface area contributed by atoms with Crippen LogP contribution in [-0.4, -0.2) is 38.5 Å². The fraction of sp³-hybridized carbons (Fsp3) is 0.192. The summed E-state index contributed by atoms with van der Waals surface area (Å²) in [7, 11) is 1.41. The molecule has 38 heavy (non-hydrogen) atoms. The summed E-state index contributed by atoms with van der Waals surface area (Å²) in [6, 6.07) is 10.0. The van der Waals surface area contributed by atoms with Gasteiger partial charge in [0.1, 0.15) is 17.5 Å². The smallest absolute Gasteiger partial charge is 0.267 e. The Bertz CT molecular complexity index is 1620. The van der Waals surface area contributed by atoms with Crippen molar-refractivity contribution in [2.45, 2.75) is 25.8 Å². The minimum absolute atomic E-state index is 0.0357. The fourth-order valence-corrected chi connectivity index (χ4v) is 4.11. The number of rotatable bonds is 9. The van der Waals surface area contributed by atoms with Crippen LogP contribution < -0.4 is 16.0 Å². The highest BCUT2D eigenvalue weighted by atomic mass is 35.5.